The lowest BCUT2D eigenvalue weighted by atomic mass is 10.1. The van der Waals surface area contributed by atoms with Crippen LogP contribution in [0.2, 0.25) is 5.02 Å². The number of benzene rings is 4. The number of aromatic nitrogens is 1. The maximum absolute atomic E-state index is 13.8. The van der Waals surface area contributed by atoms with Crippen molar-refractivity contribution in [1.82, 2.24) is 9.88 Å². The van der Waals surface area contributed by atoms with Crippen LogP contribution < -0.4 is 9.47 Å². The fourth-order valence-corrected chi connectivity index (χ4v) is 6.53. The van der Waals surface area contributed by atoms with Crippen molar-refractivity contribution in [3.8, 4) is 11.5 Å². The number of non-ortho nitro benzene ring substituents is 1. The highest BCUT2D eigenvalue weighted by Gasteiger charge is 2.33. The number of carbonyl (C=O) groups is 1. The van der Waals surface area contributed by atoms with Gasteiger partial charge in [-0.25, -0.2) is 4.99 Å². The van der Waals surface area contributed by atoms with Gasteiger partial charge in [-0.15, -0.1) is 0 Å². The van der Waals surface area contributed by atoms with Gasteiger partial charge in [-0.05, 0) is 83.4 Å². The highest BCUT2D eigenvalue weighted by Crippen LogP contribution is 2.40. The molecule has 0 radical (unpaired) electrons. The van der Waals surface area contributed by atoms with Crippen molar-refractivity contribution in [2.24, 2.45) is 4.99 Å². The molecule has 1 fully saturated rings. The van der Waals surface area contributed by atoms with Gasteiger partial charge in [-0.3, -0.25) is 19.8 Å². The van der Waals surface area contributed by atoms with Crippen LogP contribution in [-0.2, 0) is 17.8 Å². The van der Waals surface area contributed by atoms with E-state index in [2.05, 4.69) is 20.9 Å². The van der Waals surface area contributed by atoms with Gasteiger partial charge in [0, 0.05) is 40.2 Å². The van der Waals surface area contributed by atoms with E-state index in [0.717, 1.165) is 26.5 Å². The van der Waals surface area contributed by atoms with E-state index in [4.69, 9.17) is 26.1 Å². The number of amides is 1. The predicted octanol–water partition coefficient (Wildman–Crippen LogP) is 8.93. The van der Waals surface area contributed by atoms with Gasteiger partial charge in [0.2, 0.25) is 0 Å². The Balaban J connectivity index is 1.28. The van der Waals surface area contributed by atoms with Crippen LogP contribution in [0.1, 0.15) is 16.7 Å². The van der Waals surface area contributed by atoms with Crippen molar-refractivity contribution in [3.05, 3.63) is 132 Å². The molecule has 0 bridgehead atoms. The largest absolute Gasteiger partial charge is 0.493 e. The summed E-state index contributed by atoms with van der Waals surface area (Å²) in [6, 6.07) is 25.2. The van der Waals surface area contributed by atoms with Crippen molar-refractivity contribution in [3.63, 3.8) is 0 Å². The van der Waals surface area contributed by atoms with Crippen LogP contribution in [0.15, 0.2) is 105 Å². The molecular weight excluding hydrogens is 692 g/mol. The quantitative estimate of drug-likeness (QED) is 0.0878. The summed E-state index contributed by atoms with van der Waals surface area (Å²) in [4.78, 5) is 34.6. The molecule has 2 heterocycles. The lowest BCUT2D eigenvalue weighted by Gasteiger charge is -2.15. The summed E-state index contributed by atoms with van der Waals surface area (Å²) < 4.78 is 12.6. The first kappa shape index (κ1) is 31.4. The summed E-state index contributed by atoms with van der Waals surface area (Å²) >= 11 is 11.3. The Kier molecular flexibility index (Phi) is 9.43. The Morgan fingerprint density at radius 1 is 1.09 bits per heavy atom. The number of fused-ring (bicyclic) bond motifs is 1. The van der Waals surface area contributed by atoms with Crippen molar-refractivity contribution >= 4 is 78.7 Å². The van der Waals surface area contributed by atoms with E-state index in [1.54, 1.807) is 35.2 Å². The third-order valence-corrected chi connectivity index (χ3v) is 9.12. The van der Waals surface area contributed by atoms with Crippen molar-refractivity contribution in [2.75, 3.05) is 13.7 Å². The van der Waals surface area contributed by atoms with E-state index in [0.29, 0.717) is 57.4 Å². The minimum atomic E-state index is -0.463. The third kappa shape index (κ3) is 6.96. The molecule has 1 N–H and O–H groups in total. The first-order valence-corrected chi connectivity index (χ1v) is 16.1. The molecule has 6 rings (SSSR count). The minimum absolute atomic E-state index is 0.0361. The number of halogens is 2. The summed E-state index contributed by atoms with van der Waals surface area (Å²) in [6.07, 6.45) is 4.29. The molecule has 1 aliphatic heterocycles. The second-order valence-corrected chi connectivity index (χ2v) is 12.6. The normalized spacial score (nSPS) is 14.8. The number of rotatable bonds is 10. The number of para-hydroxylation sites is 1. The maximum atomic E-state index is 13.8. The molecule has 1 aliphatic rings. The molecule has 0 aliphatic carbocycles. The standard InChI is InChI=1S/C34H26BrClN4O5S/c1-44-30-17-22(16-28(36)32(30)45-20-21-6-8-24(35)9-7-21)18-31-33(41)39(15-14-23-19-37-29-5-3-2-4-27(23)29)34(46-31)38-25-10-12-26(13-11-25)40(42)43/h2-13,16-19,37H,14-15,20H2,1H3/b31-18-,38-34?. The summed E-state index contributed by atoms with van der Waals surface area (Å²) in [5, 5.41) is 13.0. The zero-order valence-electron chi connectivity index (χ0n) is 24.4. The van der Waals surface area contributed by atoms with Gasteiger partial charge < -0.3 is 14.5 Å². The number of nitrogens with one attached hydrogen (secondary N) is 1. The second-order valence-electron chi connectivity index (χ2n) is 10.3. The Morgan fingerprint density at radius 3 is 2.59 bits per heavy atom. The molecule has 1 aromatic heterocycles. The number of methoxy groups -OCH3 is 1. The second kappa shape index (κ2) is 13.8. The molecule has 232 valence electrons. The fraction of sp³-hybridized carbons (Fsp3) is 0.118. The van der Waals surface area contributed by atoms with E-state index in [-0.39, 0.29) is 11.6 Å². The topological polar surface area (TPSA) is 110 Å². The van der Waals surface area contributed by atoms with Gasteiger partial charge in [0.15, 0.2) is 16.7 Å². The first-order valence-electron chi connectivity index (χ1n) is 14.1. The average molecular weight is 718 g/mol. The zero-order valence-corrected chi connectivity index (χ0v) is 27.6. The van der Waals surface area contributed by atoms with Crippen LogP contribution >= 0.6 is 39.3 Å². The highest BCUT2D eigenvalue weighted by molar-refractivity contribution is 9.10. The number of thioether (sulfide) groups is 1. The van der Waals surface area contributed by atoms with Gasteiger partial charge in [0.05, 0.1) is 27.6 Å². The number of aliphatic imine (C=N–C) groups is 1. The number of nitro groups is 1. The van der Waals surface area contributed by atoms with Crippen LogP contribution in [-0.4, -0.2) is 39.5 Å². The predicted molar refractivity (Wildman–Crippen MR) is 186 cm³/mol. The van der Waals surface area contributed by atoms with Gasteiger partial charge >= 0.3 is 0 Å². The molecule has 1 amide bonds. The number of H-pyrrole nitrogens is 1. The number of aromatic amines is 1. The molecular formula is C34H26BrClN4O5S. The van der Waals surface area contributed by atoms with E-state index >= 15 is 0 Å². The number of ether oxygens (including phenoxy) is 2. The van der Waals surface area contributed by atoms with Crippen LogP contribution in [0.5, 0.6) is 11.5 Å². The van der Waals surface area contributed by atoms with Gasteiger partial charge in [0.25, 0.3) is 11.6 Å². The molecule has 5 aromatic rings. The Labute approximate surface area is 282 Å². The van der Waals surface area contributed by atoms with E-state index in [1.807, 2.05) is 54.7 Å². The summed E-state index contributed by atoms with van der Waals surface area (Å²) in [7, 11) is 1.53. The van der Waals surface area contributed by atoms with E-state index < -0.39 is 4.92 Å². The Hall–Kier alpha value is -4.58. The molecule has 0 saturated carbocycles. The number of carbonyl (C=O) groups excluding carboxylic acids is 1. The van der Waals surface area contributed by atoms with Gasteiger partial charge in [0.1, 0.15) is 6.61 Å². The van der Waals surface area contributed by atoms with Crippen molar-refractivity contribution < 1.29 is 19.2 Å². The number of nitro benzene ring substituents is 1. The fourth-order valence-electron chi connectivity index (χ4n) is 4.97. The number of amidine groups is 1. The first-order chi connectivity index (χ1) is 22.3. The molecule has 0 unspecified atom stereocenters. The molecule has 1 saturated heterocycles. The average Bonchev–Trinajstić information content (AvgIpc) is 3.60. The van der Waals surface area contributed by atoms with Crippen LogP contribution in [0.4, 0.5) is 11.4 Å². The molecule has 0 atom stereocenters. The molecule has 46 heavy (non-hydrogen) atoms. The van der Waals surface area contributed by atoms with Crippen molar-refractivity contribution in [2.45, 2.75) is 13.0 Å². The molecule has 9 nitrogen and oxygen atoms in total. The highest BCUT2D eigenvalue weighted by atomic mass is 79.9. The van der Waals surface area contributed by atoms with Crippen LogP contribution in [0.25, 0.3) is 17.0 Å². The molecule has 0 spiro atoms. The lowest BCUT2D eigenvalue weighted by Crippen LogP contribution is -2.31. The Morgan fingerprint density at radius 2 is 1.85 bits per heavy atom. The maximum Gasteiger partial charge on any atom is 0.269 e. The SMILES string of the molecule is COc1cc(/C=C2\SC(=Nc3ccc([N+](=O)[O-])cc3)N(CCc3c[nH]c4ccccc34)C2=O)cc(Cl)c1OCc1ccc(Br)cc1. The Bertz CT molecular complexity index is 1990. The van der Waals surface area contributed by atoms with E-state index in [9.17, 15) is 14.9 Å². The van der Waals surface area contributed by atoms with Gasteiger partial charge in [-0.2, -0.15) is 0 Å². The van der Waals surface area contributed by atoms with Gasteiger partial charge in [-0.1, -0.05) is 57.9 Å². The monoisotopic (exact) mass is 716 g/mol. The van der Waals surface area contributed by atoms with E-state index in [1.165, 1.54) is 31.0 Å². The number of hydrogen-bond donors (Lipinski definition) is 1. The number of hydrogen-bond acceptors (Lipinski definition) is 7. The molecule has 12 heteroatoms. The minimum Gasteiger partial charge on any atom is -0.493 e. The number of nitrogens with zero attached hydrogens (tertiary/aromatic N) is 3. The summed E-state index contributed by atoms with van der Waals surface area (Å²) in [5.41, 5.74) is 4.18. The summed E-state index contributed by atoms with van der Waals surface area (Å²) in [6.45, 7) is 0.676. The lowest BCUT2D eigenvalue weighted by molar-refractivity contribution is -0.384. The summed E-state index contributed by atoms with van der Waals surface area (Å²) in [5.74, 6) is 0.624. The van der Waals surface area contributed by atoms with Crippen LogP contribution in [0.3, 0.4) is 0 Å². The molecule has 4 aromatic carbocycles. The third-order valence-electron chi connectivity index (χ3n) is 7.30. The van der Waals surface area contributed by atoms with Crippen molar-refractivity contribution in [1.29, 1.82) is 0 Å². The zero-order chi connectivity index (χ0) is 32.2. The smallest absolute Gasteiger partial charge is 0.269 e. The van der Waals surface area contributed by atoms with Crippen LogP contribution in [0, 0.1) is 10.1 Å².